The first-order valence-electron chi connectivity index (χ1n) is 4.76. The van der Waals surface area contributed by atoms with E-state index < -0.39 is 12.0 Å². The van der Waals surface area contributed by atoms with Gasteiger partial charge in [-0.1, -0.05) is 20.3 Å². The number of rotatable bonds is 5. The molecule has 0 saturated carbocycles. The summed E-state index contributed by atoms with van der Waals surface area (Å²) in [6.07, 6.45) is 2.52. The molecule has 15 heavy (non-hydrogen) atoms. The minimum Gasteiger partial charge on any atom is -0.480 e. The summed E-state index contributed by atoms with van der Waals surface area (Å²) in [4.78, 5) is 12.4. The van der Waals surface area contributed by atoms with Crippen molar-refractivity contribution in [1.29, 1.82) is 0 Å². The van der Waals surface area contributed by atoms with Crippen molar-refractivity contribution in [2.24, 2.45) is 5.92 Å². The van der Waals surface area contributed by atoms with E-state index in [9.17, 15) is 4.79 Å². The minimum atomic E-state index is -0.854. The number of hydrogen-bond donors (Lipinski definition) is 4. The topological polar surface area (TPSA) is 85.8 Å². The van der Waals surface area contributed by atoms with Gasteiger partial charge >= 0.3 is 5.97 Å². The molecule has 0 aliphatic rings. The van der Waals surface area contributed by atoms with Crippen LogP contribution in [-0.4, -0.2) is 31.6 Å². The molecular formula is C8H16N4O2S. The lowest BCUT2D eigenvalue weighted by Gasteiger charge is -2.21. The van der Waals surface area contributed by atoms with Crippen LogP contribution in [0.15, 0.2) is 11.6 Å². The molecule has 2 unspecified atom stereocenters. The van der Waals surface area contributed by atoms with E-state index in [4.69, 9.17) is 5.11 Å². The molecule has 0 aromatic carbocycles. The highest BCUT2D eigenvalue weighted by Crippen LogP contribution is 2.08. The molecule has 7 heteroatoms. The molecule has 0 fully saturated rings. The van der Waals surface area contributed by atoms with Crippen molar-refractivity contribution >= 4 is 17.5 Å². The molecule has 2 atom stereocenters. The SMILES string of the molecule is CCC(C)C(Nn1[nH]ccs[nH]1)C(=O)O. The average Bonchev–Trinajstić information content (AvgIpc) is 2.26. The minimum absolute atomic E-state index is 0.0574. The van der Waals surface area contributed by atoms with Crippen LogP contribution in [0.3, 0.4) is 0 Å². The highest BCUT2D eigenvalue weighted by Gasteiger charge is 2.23. The van der Waals surface area contributed by atoms with Crippen LogP contribution >= 0.6 is 11.5 Å². The number of carboxylic acid groups (broad SMARTS) is 1. The molecule has 0 amide bonds. The zero-order valence-electron chi connectivity index (χ0n) is 8.73. The van der Waals surface area contributed by atoms with Crippen molar-refractivity contribution in [3.63, 3.8) is 0 Å². The molecule has 1 aromatic rings. The van der Waals surface area contributed by atoms with Crippen molar-refractivity contribution in [2.45, 2.75) is 26.3 Å². The van der Waals surface area contributed by atoms with Crippen molar-refractivity contribution in [3.8, 4) is 0 Å². The van der Waals surface area contributed by atoms with Crippen molar-refractivity contribution in [1.82, 2.24) is 14.5 Å². The summed E-state index contributed by atoms with van der Waals surface area (Å²) in [5.41, 5.74) is 2.85. The molecule has 1 heterocycles. The first-order valence-corrected chi connectivity index (χ1v) is 5.64. The summed E-state index contributed by atoms with van der Waals surface area (Å²) >= 11 is 1.35. The molecule has 0 bridgehead atoms. The fourth-order valence-corrected chi connectivity index (χ4v) is 1.51. The van der Waals surface area contributed by atoms with Crippen molar-refractivity contribution in [2.75, 3.05) is 5.43 Å². The third-order valence-electron chi connectivity index (χ3n) is 2.23. The predicted molar refractivity (Wildman–Crippen MR) is 58.9 cm³/mol. The van der Waals surface area contributed by atoms with Crippen LogP contribution in [0.5, 0.6) is 0 Å². The normalized spacial score (nSPS) is 14.3. The Hall–Kier alpha value is -1.37. The molecule has 4 N–H and O–H groups in total. The first-order chi connectivity index (χ1) is 7.15. The maximum absolute atomic E-state index is 11.0. The van der Waals surface area contributed by atoms with Crippen LogP contribution in [0.1, 0.15) is 20.3 Å². The molecule has 1 aromatic heterocycles. The predicted octanol–water partition coefficient (Wildman–Crippen LogP) is 1.37. The van der Waals surface area contributed by atoms with Gasteiger partial charge in [-0.2, -0.15) is 0 Å². The number of nitrogens with zero attached hydrogens (tertiary/aromatic N) is 1. The Morgan fingerprint density at radius 1 is 1.73 bits per heavy atom. The maximum atomic E-state index is 11.0. The lowest BCUT2D eigenvalue weighted by molar-refractivity contribution is -0.139. The Morgan fingerprint density at radius 2 is 2.47 bits per heavy atom. The Morgan fingerprint density at radius 3 is 2.93 bits per heavy atom. The lowest BCUT2D eigenvalue weighted by atomic mass is 10.0. The summed E-state index contributed by atoms with van der Waals surface area (Å²) in [6, 6.07) is -0.609. The number of carbonyl (C=O) groups is 1. The molecule has 0 spiro atoms. The van der Waals surface area contributed by atoms with Gasteiger partial charge in [0, 0.05) is 11.6 Å². The molecule has 6 nitrogen and oxygen atoms in total. The van der Waals surface area contributed by atoms with E-state index in [1.165, 1.54) is 16.4 Å². The van der Waals surface area contributed by atoms with Crippen molar-refractivity contribution < 1.29 is 9.90 Å². The molecule has 1 rings (SSSR count). The van der Waals surface area contributed by atoms with Gasteiger partial charge in [0.05, 0.1) is 0 Å². The second kappa shape index (κ2) is 5.50. The molecule has 86 valence electrons. The summed E-state index contributed by atoms with van der Waals surface area (Å²) in [6.45, 7) is 3.87. The van der Waals surface area contributed by atoms with Crippen LogP contribution < -0.4 is 5.43 Å². The van der Waals surface area contributed by atoms with E-state index in [0.717, 1.165) is 6.42 Å². The first kappa shape index (κ1) is 11.7. The quantitative estimate of drug-likeness (QED) is 0.618. The Labute approximate surface area is 91.7 Å². The number of aromatic nitrogens is 3. The number of aliphatic carboxylic acids is 1. The van der Waals surface area contributed by atoms with E-state index in [1.54, 1.807) is 6.20 Å². The number of H-pyrrole nitrogens is 2. The monoisotopic (exact) mass is 232 g/mol. The Bertz CT molecular complexity index is 322. The van der Waals surface area contributed by atoms with E-state index in [2.05, 4.69) is 15.0 Å². The largest absolute Gasteiger partial charge is 0.480 e. The van der Waals surface area contributed by atoms with Gasteiger partial charge in [-0.15, -0.1) is 4.91 Å². The van der Waals surface area contributed by atoms with Crippen LogP contribution in [-0.2, 0) is 4.79 Å². The highest BCUT2D eigenvalue weighted by molar-refractivity contribution is 7.03. The third kappa shape index (κ3) is 3.35. The van der Waals surface area contributed by atoms with Gasteiger partial charge in [0.15, 0.2) is 0 Å². The fourth-order valence-electron chi connectivity index (χ4n) is 1.11. The van der Waals surface area contributed by atoms with E-state index in [-0.39, 0.29) is 5.92 Å². The highest BCUT2D eigenvalue weighted by atomic mass is 32.1. The summed E-state index contributed by atoms with van der Waals surface area (Å²) < 4.78 is 2.86. The molecule has 0 aliphatic carbocycles. The lowest BCUT2D eigenvalue weighted by Crippen LogP contribution is -2.41. The fraction of sp³-hybridized carbons (Fsp3) is 0.625. The van der Waals surface area contributed by atoms with Gasteiger partial charge in [0.1, 0.15) is 6.04 Å². The van der Waals surface area contributed by atoms with Gasteiger partial charge in [-0.25, -0.2) is 9.28 Å². The number of hydrogen-bond acceptors (Lipinski definition) is 3. The van der Waals surface area contributed by atoms with E-state index in [1.807, 2.05) is 19.2 Å². The number of carboxylic acids is 1. The van der Waals surface area contributed by atoms with Gasteiger partial charge in [0.25, 0.3) is 0 Å². The Kier molecular flexibility index (Phi) is 4.29. The smallest absolute Gasteiger partial charge is 0.328 e. The third-order valence-corrected chi connectivity index (χ3v) is 2.79. The molecule has 0 radical (unpaired) electrons. The summed E-state index contributed by atoms with van der Waals surface area (Å²) in [5.74, 6) is -0.797. The summed E-state index contributed by atoms with van der Waals surface area (Å²) in [5, 5.41) is 13.7. The number of aromatic amines is 2. The number of nitrogens with one attached hydrogen (secondary N) is 3. The van der Waals surface area contributed by atoms with Gasteiger partial charge in [-0.05, 0) is 17.5 Å². The standard InChI is InChI=1S/C8H16N4O2S/c1-3-6(2)7(8(13)14)10-12-9-4-5-15-11-12/h4-7,9-11H,3H2,1-2H3,(H,13,14). The Balaban J connectivity index is 2.71. The zero-order valence-corrected chi connectivity index (χ0v) is 9.54. The molecule has 0 saturated heterocycles. The van der Waals surface area contributed by atoms with Crippen LogP contribution in [0.2, 0.25) is 0 Å². The van der Waals surface area contributed by atoms with Crippen molar-refractivity contribution in [3.05, 3.63) is 11.6 Å². The molecular weight excluding hydrogens is 216 g/mol. The maximum Gasteiger partial charge on any atom is 0.328 e. The van der Waals surface area contributed by atoms with Gasteiger partial charge in [-0.3, -0.25) is 10.5 Å². The van der Waals surface area contributed by atoms with E-state index >= 15 is 0 Å². The second-order valence-electron chi connectivity index (χ2n) is 3.31. The summed E-state index contributed by atoms with van der Waals surface area (Å²) in [7, 11) is 0. The van der Waals surface area contributed by atoms with Crippen LogP contribution in [0.4, 0.5) is 0 Å². The molecule has 0 aliphatic heterocycles. The van der Waals surface area contributed by atoms with Gasteiger partial charge in [0.2, 0.25) is 0 Å². The zero-order chi connectivity index (χ0) is 11.3. The van der Waals surface area contributed by atoms with Gasteiger partial charge < -0.3 is 5.11 Å². The van der Waals surface area contributed by atoms with Crippen LogP contribution in [0, 0.1) is 5.92 Å². The second-order valence-corrected chi connectivity index (χ2v) is 4.00. The average molecular weight is 232 g/mol. The van der Waals surface area contributed by atoms with Crippen LogP contribution in [0.25, 0.3) is 0 Å². The van der Waals surface area contributed by atoms with E-state index in [0.29, 0.717) is 0 Å².